The third-order valence-electron chi connectivity index (χ3n) is 4.73. The molecule has 4 rings (SSSR count). The molecule has 0 atom stereocenters. The summed E-state index contributed by atoms with van der Waals surface area (Å²) in [5.74, 6) is 0.703. The van der Waals surface area contributed by atoms with E-state index in [-0.39, 0.29) is 17.5 Å². The standard InChI is InChI=1S/C25H21ClFN5O2S/c1-2-34-22-12-10-21(11-13-22)32-24(18-6-8-19(26)9-7-18)30-31-25(32)35-16-23(33)29-28-15-17-4-3-5-20(27)14-17/h3-15H,2,16H2,1H3,(H,29,33)/b28-15-. The zero-order valence-electron chi connectivity index (χ0n) is 18.7. The summed E-state index contributed by atoms with van der Waals surface area (Å²) in [6, 6.07) is 20.7. The van der Waals surface area contributed by atoms with Gasteiger partial charge in [0.2, 0.25) is 0 Å². The second-order valence-electron chi connectivity index (χ2n) is 7.21. The first-order valence-electron chi connectivity index (χ1n) is 10.7. The van der Waals surface area contributed by atoms with Gasteiger partial charge in [-0.15, -0.1) is 10.2 Å². The van der Waals surface area contributed by atoms with Crippen LogP contribution in [0.5, 0.6) is 5.75 Å². The van der Waals surface area contributed by atoms with Crippen LogP contribution in [0.15, 0.2) is 83.1 Å². The second kappa shape index (κ2) is 11.6. The predicted octanol–water partition coefficient (Wildman–Crippen LogP) is 5.37. The van der Waals surface area contributed by atoms with Crippen LogP contribution in [-0.4, -0.2) is 39.2 Å². The minimum absolute atomic E-state index is 0.0519. The zero-order chi connectivity index (χ0) is 24.6. The summed E-state index contributed by atoms with van der Waals surface area (Å²) in [7, 11) is 0. The monoisotopic (exact) mass is 509 g/mol. The molecule has 35 heavy (non-hydrogen) atoms. The van der Waals surface area contributed by atoms with E-state index in [4.69, 9.17) is 16.3 Å². The number of benzene rings is 3. The Morgan fingerprint density at radius 1 is 1.14 bits per heavy atom. The fraction of sp³-hybridized carbons (Fsp3) is 0.120. The number of nitrogens with one attached hydrogen (secondary N) is 1. The number of carbonyl (C=O) groups excluding carboxylic acids is 1. The van der Waals surface area contributed by atoms with Crippen molar-refractivity contribution < 1.29 is 13.9 Å². The smallest absolute Gasteiger partial charge is 0.250 e. The van der Waals surface area contributed by atoms with Crippen LogP contribution < -0.4 is 10.2 Å². The molecule has 0 aliphatic heterocycles. The highest BCUT2D eigenvalue weighted by molar-refractivity contribution is 7.99. The molecule has 7 nitrogen and oxygen atoms in total. The van der Waals surface area contributed by atoms with Crippen LogP contribution in [0.25, 0.3) is 17.1 Å². The first-order valence-corrected chi connectivity index (χ1v) is 12.0. The van der Waals surface area contributed by atoms with Crippen molar-refractivity contribution in [2.75, 3.05) is 12.4 Å². The number of hydrogen-bond acceptors (Lipinski definition) is 6. The third kappa shape index (κ3) is 6.46. The number of hydrazone groups is 1. The van der Waals surface area contributed by atoms with Gasteiger partial charge >= 0.3 is 0 Å². The predicted molar refractivity (Wildman–Crippen MR) is 136 cm³/mol. The maximum Gasteiger partial charge on any atom is 0.250 e. The molecule has 0 aliphatic carbocycles. The van der Waals surface area contributed by atoms with Gasteiger partial charge in [-0.1, -0.05) is 35.5 Å². The topological polar surface area (TPSA) is 81.4 Å². The molecule has 0 aliphatic rings. The van der Waals surface area contributed by atoms with Crippen LogP contribution >= 0.6 is 23.4 Å². The van der Waals surface area contributed by atoms with Crippen molar-refractivity contribution in [3.05, 3.63) is 89.2 Å². The maximum absolute atomic E-state index is 13.3. The Morgan fingerprint density at radius 2 is 1.91 bits per heavy atom. The molecule has 0 saturated carbocycles. The van der Waals surface area contributed by atoms with E-state index < -0.39 is 0 Å². The molecular weight excluding hydrogens is 489 g/mol. The molecule has 10 heteroatoms. The average molecular weight is 510 g/mol. The van der Waals surface area contributed by atoms with Crippen LogP contribution in [-0.2, 0) is 4.79 Å². The van der Waals surface area contributed by atoms with Crippen molar-refractivity contribution in [3.8, 4) is 22.8 Å². The van der Waals surface area contributed by atoms with E-state index in [0.29, 0.717) is 28.2 Å². The lowest BCUT2D eigenvalue weighted by Crippen LogP contribution is -2.20. The van der Waals surface area contributed by atoms with Gasteiger partial charge in [0.15, 0.2) is 11.0 Å². The van der Waals surface area contributed by atoms with Gasteiger partial charge < -0.3 is 4.74 Å². The third-order valence-corrected chi connectivity index (χ3v) is 5.91. The van der Waals surface area contributed by atoms with Gasteiger partial charge in [-0.25, -0.2) is 9.82 Å². The molecule has 3 aromatic carbocycles. The lowest BCUT2D eigenvalue weighted by atomic mass is 10.2. The summed E-state index contributed by atoms with van der Waals surface area (Å²) in [4.78, 5) is 12.3. The molecule has 0 saturated heterocycles. The lowest BCUT2D eigenvalue weighted by Gasteiger charge is -2.11. The minimum Gasteiger partial charge on any atom is -0.494 e. The van der Waals surface area contributed by atoms with E-state index in [0.717, 1.165) is 17.0 Å². The number of nitrogens with zero attached hydrogens (tertiary/aromatic N) is 4. The highest BCUT2D eigenvalue weighted by Gasteiger charge is 2.17. The van der Waals surface area contributed by atoms with E-state index in [1.165, 1.54) is 30.1 Å². The quantitative estimate of drug-likeness (QED) is 0.186. The molecule has 0 spiro atoms. The van der Waals surface area contributed by atoms with Gasteiger partial charge in [-0.3, -0.25) is 9.36 Å². The summed E-state index contributed by atoms with van der Waals surface area (Å²) in [5, 5.41) is 13.7. The number of rotatable bonds is 9. The van der Waals surface area contributed by atoms with Gasteiger partial charge in [-0.05, 0) is 73.2 Å². The Bertz CT molecular complexity index is 1330. The van der Waals surface area contributed by atoms with Gasteiger partial charge in [-0.2, -0.15) is 5.10 Å². The summed E-state index contributed by atoms with van der Waals surface area (Å²) in [5.41, 5.74) is 4.63. The first-order chi connectivity index (χ1) is 17.0. The number of hydrogen-bond donors (Lipinski definition) is 1. The van der Waals surface area contributed by atoms with Crippen molar-refractivity contribution in [1.82, 2.24) is 20.2 Å². The molecule has 178 valence electrons. The number of amides is 1. The molecule has 1 aromatic heterocycles. The largest absolute Gasteiger partial charge is 0.494 e. The van der Waals surface area contributed by atoms with E-state index in [9.17, 15) is 9.18 Å². The fourth-order valence-corrected chi connectivity index (χ4v) is 4.04. The van der Waals surface area contributed by atoms with E-state index >= 15 is 0 Å². The fourth-order valence-electron chi connectivity index (χ4n) is 3.17. The van der Waals surface area contributed by atoms with Crippen molar-refractivity contribution in [2.24, 2.45) is 5.10 Å². The summed E-state index contributed by atoms with van der Waals surface area (Å²) in [6.45, 7) is 2.49. The van der Waals surface area contributed by atoms with Crippen LogP contribution in [0, 0.1) is 5.82 Å². The van der Waals surface area contributed by atoms with Gasteiger partial charge in [0.25, 0.3) is 5.91 Å². The molecule has 0 fully saturated rings. The molecule has 0 radical (unpaired) electrons. The van der Waals surface area contributed by atoms with Gasteiger partial charge in [0, 0.05) is 16.3 Å². The molecule has 1 N–H and O–H groups in total. The average Bonchev–Trinajstić information content (AvgIpc) is 3.28. The minimum atomic E-state index is -0.374. The Labute approximate surface area is 211 Å². The number of thioether (sulfide) groups is 1. The SMILES string of the molecule is CCOc1ccc(-n2c(SCC(=O)N/N=C\c3cccc(F)c3)nnc2-c2ccc(Cl)cc2)cc1. The first kappa shape index (κ1) is 24.4. The summed E-state index contributed by atoms with van der Waals surface area (Å²) in [6.07, 6.45) is 1.38. The highest BCUT2D eigenvalue weighted by Crippen LogP contribution is 2.29. The maximum atomic E-state index is 13.3. The number of ether oxygens (including phenoxy) is 1. The molecule has 1 heterocycles. The number of carbonyl (C=O) groups is 1. The summed E-state index contributed by atoms with van der Waals surface area (Å²) < 4.78 is 20.7. The van der Waals surface area contributed by atoms with E-state index in [2.05, 4.69) is 20.7 Å². The summed E-state index contributed by atoms with van der Waals surface area (Å²) >= 11 is 7.26. The molecule has 0 bridgehead atoms. The van der Waals surface area contributed by atoms with Crippen molar-refractivity contribution in [2.45, 2.75) is 12.1 Å². The molecule has 4 aromatic rings. The van der Waals surface area contributed by atoms with Crippen LogP contribution in [0.3, 0.4) is 0 Å². The number of aromatic nitrogens is 3. The second-order valence-corrected chi connectivity index (χ2v) is 8.59. The Balaban J connectivity index is 1.52. The van der Waals surface area contributed by atoms with Crippen molar-refractivity contribution in [3.63, 3.8) is 0 Å². The highest BCUT2D eigenvalue weighted by atomic mass is 35.5. The van der Waals surface area contributed by atoms with Crippen LogP contribution in [0.2, 0.25) is 5.02 Å². The lowest BCUT2D eigenvalue weighted by molar-refractivity contribution is -0.118. The van der Waals surface area contributed by atoms with Gasteiger partial charge in [0.05, 0.1) is 18.6 Å². The van der Waals surface area contributed by atoms with Crippen molar-refractivity contribution in [1.29, 1.82) is 0 Å². The molecule has 1 amide bonds. The Morgan fingerprint density at radius 3 is 2.63 bits per heavy atom. The van der Waals surface area contributed by atoms with E-state index in [1.54, 1.807) is 24.3 Å². The zero-order valence-corrected chi connectivity index (χ0v) is 20.3. The molecular formula is C25H21ClFN5O2S. The van der Waals surface area contributed by atoms with Crippen molar-refractivity contribution >= 4 is 35.5 Å². The normalized spacial score (nSPS) is 11.1. The Kier molecular flexibility index (Phi) is 8.12. The van der Waals surface area contributed by atoms with Crippen LogP contribution in [0.4, 0.5) is 4.39 Å². The molecule has 0 unspecified atom stereocenters. The van der Waals surface area contributed by atoms with E-state index in [1.807, 2.05) is 47.9 Å². The Hall–Kier alpha value is -3.69. The van der Waals surface area contributed by atoms with Gasteiger partial charge in [0.1, 0.15) is 11.6 Å². The number of halogens is 2. The van der Waals surface area contributed by atoms with Crippen LogP contribution in [0.1, 0.15) is 12.5 Å².